The van der Waals surface area contributed by atoms with Crippen LogP contribution in [0, 0.1) is 5.82 Å². The van der Waals surface area contributed by atoms with Gasteiger partial charge in [-0.15, -0.1) is 0 Å². The third-order valence-electron chi connectivity index (χ3n) is 2.65. The van der Waals surface area contributed by atoms with Crippen LogP contribution in [-0.4, -0.2) is 15.0 Å². The maximum atomic E-state index is 13.4. The van der Waals surface area contributed by atoms with Gasteiger partial charge in [0.25, 0.3) is 0 Å². The highest BCUT2D eigenvalue weighted by Crippen LogP contribution is 2.14. The Kier molecular flexibility index (Phi) is 2.64. The van der Waals surface area contributed by atoms with E-state index in [1.54, 1.807) is 12.3 Å². The number of fused-ring (bicyclic) bond motifs is 1. The lowest BCUT2D eigenvalue weighted by atomic mass is 10.3. The van der Waals surface area contributed by atoms with Crippen molar-refractivity contribution >= 4 is 17.0 Å². The molecule has 0 aliphatic rings. The van der Waals surface area contributed by atoms with Gasteiger partial charge < -0.3 is 10.3 Å². The highest BCUT2D eigenvalue weighted by atomic mass is 19.1. The molecule has 18 heavy (non-hydrogen) atoms. The molecule has 5 heteroatoms. The third kappa shape index (κ3) is 2.02. The first kappa shape index (κ1) is 10.7. The zero-order valence-electron chi connectivity index (χ0n) is 9.52. The first-order chi connectivity index (χ1) is 8.83. The maximum Gasteiger partial charge on any atom is 0.201 e. The number of halogens is 1. The van der Waals surface area contributed by atoms with Crippen molar-refractivity contribution in [2.45, 2.75) is 6.54 Å². The van der Waals surface area contributed by atoms with Crippen LogP contribution in [0.4, 0.5) is 10.3 Å². The van der Waals surface area contributed by atoms with Gasteiger partial charge in [0.1, 0.15) is 5.82 Å². The van der Waals surface area contributed by atoms with Gasteiger partial charge in [-0.3, -0.25) is 4.98 Å². The molecule has 4 nitrogen and oxygen atoms in total. The molecule has 0 atom stereocenters. The molecule has 0 unspecified atom stereocenters. The number of para-hydroxylation sites is 2. The van der Waals surface area contributed by atoms with E-state index in [4.69, 9.17) is 0 Å². The molecule has 0 radical (unpaired) electrons. The van der Waals surface area contributed by atoms with Crippen LogP contribution in [0.2, 0.25) is 0 Å². The number of imidazole rings is 1. The van der Waals surface area contributed by atoms with Crippen molar-refractivity contribution in [3.05, 3.63) is 54.1 Å². The molecule has 2 N–H and O–H groups in total. The normalized spacial score (nSPS) is 10.7. The summed E-state index contributed by atoms with van der Waals surface area (Å²) in [7, 11) is 0. The molecule has 2 aromatic heterocycles. The highest BCUT2D eigenvalue weighted by molar-refractivity contribution is 5.77. The van der Waals surface area contributed by atoms with Crippen LogP contribution < -0.4 is 5.32 Å². The van der Waals surface area contributed by atoms with E-state index in [0.29, 0.717) is 18.2 Å². The van der Waals surface area contributed by atoms with Crippen LogP contribution in [0.5, 0.6) is 0 Å². The number of aromatic amines is 1. The van der Waals surface area contributed by atoms with Gasteiger partial charge in [-0.25, -0.2) is 9.37 Å². The average molecular weight is 242 g/mol. The molecule has 3 aromatic rings. The van der Waals surface area contributed by atoms with E-state index in [0.717, 1.165) is 11.0 Å². The molecule has 0 amide bonds. The summed E-state index contributed by atoms with van der Waals surface area (Å²) in [5.74, 6) is 0.294. The minimum Gasteiger partial charge on any atom is -0.350 e. The molecule has 0 fully saturated rings. The van der Waals surface area contributed by atoms with E-state index in [1.807, 2.05) is 24.3 Å². The summed E-state index contributed by atoms with van der Waals surface area (Å²) in [6.07, 6.45) is 1.57. The van der Waals surface area contributed by atoms with E-state index in [9.17, 15) is 4.39 Å². The third-order valence-corrected chi connectivity index (χ3v) is 2.65. The summed E-state index contributed by atoms with van der Waals surface area (Å²) < 4.78 is 13.4. The Morgan fingerprint density at radius 1 is 1.17 bits per heavy atom. The van der Waals surface area contributed by atoms with E-state index >= 15 is 0 Å². The zero-order chi connectivity index (χ0) is 12.4. The van der Waals surface area contributed by atoms with Crippen molar-refractivity contribution in [3.63, 3.8) is 0 Å². The summed E-state index contributed by atoms with van der Waals surface area (Å²) in [5.41, 5.74) is 2.20. The number of anilines is 1. The molecule has 3 rings (SSSR count). The predicted octanol–water partition coefficient (Wildman–Crippen LogP) is 2.71. The van der Waals surface area contributed by atoms with Gasteiger partial charge in [-0.1, -0.05) is 12.1 Å². The summed E-state index contributed by atoms with van der Waals surface area (Å²) in [6.45, 7) is 0.298. The van der Waals surface area contributed by atoms with Crippen molar-refractivity contribution in [3.8, 4) is 0 Å². The molecule has 0 aliphatic heterocycles. The molecular weight excluding hydrogens is 231 g/mol. The van der Waals surface area contributed by atoms with Crippen LogP contribution in [-0.2, 0) is 6.54 Å². The smallest absolute Gasteiger partial charge is 0.201 e. The quantitative estimate of drug-likeness (QED) is 0.742. The van der Waals surface area contributed by atoms with Gasteiger partial charge in [0, 0.05) is 6.20 Å². The molecular formula is C13H11FN4. The topological polar surface area (TPSA) is 53.6 Å². The first-order valence-electron chi connectivity index (χ1n) is 5.61. The summed E-state index contributed by atoms with van der Waals surface area (Å²) in [4.78, 5) is 11.4. The Bertz CT molecular complexity index is 644. The Balaban J connectivity index is 1.79. The lowest BCUT2D eigenvalue weighted by molar-refractivity contribution is 0.602. The Hall–Kier alpha value is -2.43. The molecule has 0 saturated carbocycles. The number of pyridine rings is 1. The SMILES string of the molecule is Fc1cccnc1CNc1nc2ccccc2[nH]1. The average Bonchev–Trinajstić information content (AvgIpc) is 2.80. The van der Waals surface area contributed by atoms with E-state index in [2.05, 4.69) is 20.3 Å². The fourth-order valence-corrected chi connectivity index (χ4v) is 1.75. The van der Waals surface area contributed by atoms with Gasteiger partial charge in [0.05, 0.1) is 23.3 Å². The van der Waals surface area contributed by atoms with E-state index < -0.39 is 0 Å². The van der Waals surface area contributed by atoms with Gasteiger partial charge in [-0.2, -0.15) is 0 Å². The molecule has 1 aromatic carbocycles. The monoisotopic (exact) mass is 242 g/mol. The molecule has 0 bridgehead atoms. The van der Waals surface area contributed by atoms with E-state index in [1.165, 1.54) is 6.07 Å². The van der Waals surface area contributed by atoms with Crippen LogP contribution in [0.1, 0.15) is 5.69 Å². The fraction of sp³-hybridized carbons (Fsp3) is 0.0769. The predicted molar refractivity (Wildman–Crippen MR) is 67.6 cm³/mol. The number of hydrogen-bond donors (Lipinski definition) is 2. The van der Waals surface area contributed by atoms with Crippen molar-refractivity contribution in [1.82, 2.24) is 15.0 Å². The second-order valence-electron chi connectivity index (χ2n) is 3.89. The number of H-pyrrole nitrogens is 1. The second kappa shape index (κ2) is 4.44. The number of nitrogens with one attached hydrogen (secondary N) is 2. The van der Waals surface area contributed by atoms with Crippen molar-refractivity contribution in [1.29, 1.82) is 0 Å². The maximum absolute atomic E-state index is 13.4. The standard InChI is InChI=1S/C13H11FN4/c14-9-4-3-7-15-12(9)8-16-13-17-10-5-1-2-6-11(10)18-13/h1-7H,8H2,(H2,16,17,18). The number of rotatable bonds is 3. The minimum absolute atomic E-state index is 0.298. The largest absolute Gasteiger partial charge is 0.350 e. The molecule has 0 spiro atoms. The summed E-state index contributed by atoms with van der Waals surface area (Å²) in [5, 5.41) is 3.02. The highest BCUT2D eigenvalue weighted by Gasteiger charge is 2.04. The number of aromatic nitrogens is 3. The van der Waals surface area contributed by atoms with Crippen molar-refractivity contribution in [2.24, 2.45) is 0 Å². The van der Waals surface area contributed by atoms with Gasteiger partial charge in [-0.05, 0) is 24.3 Å². The van der Waals surface area contributed by atoms with Crippen LogP contribution in [0.15, 0.2) is 42.6 Å². The van der Waals surface area contributed by atoms with Crippen LogP contribution in [0.25, 0.3) is 11.0 Å². The number of hydrogen-bond acceptors (Lipinski definition) is 3. The molecule has 2 heterocycles. The van der Waals surface area contributed by atoms with Crippen LogP contribution >= 0.6 is 0 Å². The van der Waals surface area contributed by atoms with Gasteiger partial charge in [0.2, 0.25) is 5.95 Å². The van der Waals surface area contributed by atoms with Gasteiger partial charge >= 0.3 is 0 Å². The van der Waals surface area contributed by atoms with Gasteiger partial charge in [0.15, 0.2) is 0 Å². The number of nitrogens with zero attached hydrogens (tertiary/aromatic N) is 2. The summed E-state index contributed by atoms with van der Waals surface area (Å²) >= 11 is 0. The van der Waals surface area contributed by atoms with Crippen LogP contribution in [0.3, 0.4) is 0 Å². The Labute approximate surface area is 103 Å². The lowest BCUT2D eigenvalue weighted by Crippen LogP contribution is -2.04. The van der Waals surface area contributed by atoms with Crippen molar-refractivity contribution in [2.75, 3.05) is 5.32 Å². The lowest BCUT2D eigenvalue weighted by Gasteiger charge is -2.02. The molecule has 0 saturated heterocycles. The first-order valence-corrected chi connectivity index (χ1v) is 5.61. The summed E-state index contributed by atoms with van der Waals surface area (Å²) in [6, 6.07) is 10.7. The number of benzene rings is 1. The second-order valence-corrected chi connectivity index (χ2v) is 3.89. The zero-order valence-corrected chi connectivity index (χ0v) is 9.52. The fourth-order valence-electron chi connectivity index (χ4n) is 1.75. The molecule has 90 valence electrons. The Morgan fingerprint density at radius 3 is 2.89 bits per heavy atom. The Morgan fingerprint density at radius 2 is 2.06 bits per heavy atom. The van der Waals surface area contributed by atoms with E-state index in [-0.39, 0.29) is 5.82 Å². The minimum atomic E-state index is -0.318. The van der Waals surface area contributed by atoms with Crippen molar-refractivity contribution < 1.29 is 4.39 Å². The molecule has 0 aliphatic carbocycles.